The molecule has 5 rings (SSSR count). The molecule has 0 spiro atoms. The first-order valence-corrected chi connectivity index (χ1v) is 7.99. The summed E-state index contributed by atoms with van der Waals surface area (Å²) in [5, 5.41) is 9.88. The zero-order chi connectivity index (χ0) is 17.0. The maximum Gasteiger partial charge on any atom is 0.315 e. The summed E-state index contributed by atoms with van der Waals surface area (Å²) in [6, 6.07) is 15.4. The Morgan fingerprint density at radius 2 is 1.80 bits per heavy atom. The summed E-state index contributed by atoms with van der Waals surface area (Å²) in [7, 11) is 0. The van der Waals surface area contributed by atoms with Crippen molar-refractivity contribution in [1.82, 2.24) is 15.0 Å². The van der Waals surface area contributed by atoms with Crippen LogP contribution in [0.1, 0.15) is 17.0 Å². The van der Waals surface area contributed by atoms with Gasteiger partial charge in [0.05, 0.1) is 17.2 Å². The lowest BCUT2D eigenvalue weighted by molar-refractivity contribution is -0.137. The van der Waals surface area contributed by atoms with Gasteiger partial charge in [-0.15, -0.1) is 0 Å². The van der Waals surface area contributed by atoms with E-state index in [1.54, 1.807) is 12.4 Å². The first-order valence-electron chi connectivity index (χ1n) is 7.99. The molecule has 2 aromatic carbocycles. The van der Waals surface area contributed by atoms with Crippen LogP contribution in [0, 0.1) is 0 Å². The van der Waals surface area contributed by atoms with Crippen LogP contribution >= 0.6 is 0 Å². The predicted molar refractivity (Wildman–Crippen MR) is 94.2 cm³/mol. The third-order valence-electron chi connectivity index (χ3n) is 4.74. The number of aliphatic carboxylic acids is 1. The second-order valence-electron chi connectivity index (χ2n) is 6.10. The fourth-order valence-electron chi connectivity index (χ4n) is 3.71. The summed E-state index contributed by atoms with van der Waals surface area (Å²) in [6.07, 6.45) is 3.41. The van der Waals surface area contributed by atoms with Gasteiger partial charge in [-0.2, -0.15) is 0 Å². The monoisotopic (exact) mass is 327 g/mol. The van der Waals surface area contributed by atoms with E-state index in [4.69, 9.17) is 0 Å². The van der Waals surface area contributed by atoms with Gasteiger partial charge >= 0.3 is 5.97 Å². The molecule has 5 heteroatoms. The molecule has 25 heavy (non-hydrogen) atoms. The fraction of sp³-hybridized carbons (Fsp3) is 0.0500. The number of nitrogens with zero attached hydrogens (tertiary/aromatic N) is 2. The van der Waals surface area contributed by atoms with Gasteiger partial charge in [0.25, 0.3) is 0 Å². The molecule has 0 amide bonds. The van der Waals surface area contributed by atoms with Gasteiger partial charge < -0.3 is 10.1 Å². The van der Waals surface area contributed by atoms with Crippen LogP contribution in [0.5, 0.6) is 0 Å². The number of nitrogens with one attached hydrogen (secondary N) is 1. The quantitative estimate of drug-likeness (QED) is 0.586. The maximum atomic E-state index is 12.0. The molecule has 2 N–H and O–H groups in total. The lowest BCUT2D eigenvalue weighted by atomic mass is 9.92. The Morgan fingerprint density at radius 1 is 1.00 bits per heavy atom. The Bertz CT molecular complexity index is 1110. The number of rotatable bonds is 2. The van der Waals surface area contributed by atoms with Gasteiger partial charge in [0.2, 0.25) is 0 Å². The molecule has 0 saturated heterocycles. The van der Waals surface area contributed by atoms with E-state index in [0.29, 0.717) is 5.82 Å². The number of imidazole rings is 1. The molecular formula is C20H13N3O2. The second-order valence-corrected chi connectivity index (χ2v) is 6.10. The summed E-state index contributed by atoms with van der Waals surface area (Å²) in [5.74, 6) is -0.871. The van der Waals surface area contributed by atoms with Gasteiger partial charge in [0.1, 0.15) is 11.7 Å². The normalized spacial score (nSPS) is 15.1. The van der Waals surface area contributed by atoms with Gasteiger partial charge in [-0.05, 0) is 28.3 Å². The summed E-state index contributed by atoms with van der Waals surface area (Å²) in [5.41, 5.74) is 6.02. The van der Waals surface area contributed by atoms with E-state index in [0.717, 1.165) is 38.9 Å². The molecule has 2 heterocycles. The molecule has 0 fully saturated rings. The Morgan fingerprint density at radius 3 is 2.64 bits per heavy atom. The number of carboxylic acid groups (broad SMARTS) is 1. The molecule has 2 aromatic heterocycles. The molecule has 0 aliphatic heterocycles. The van der Waals surface area contributed by atoms with Crippen LogP contribution in [-0.4, -0.2) is 26.0 Å². The van der Waals surface area contributed by atoms with Crippen LogP contribution in [-0.2, 0) is 4.79 Å². The van der Waals surface area contributed by atoms with Crippen LogP contribution in [0.25, 0.3) is 33.5 Å². The van der Waals surface area contributed by atoms with Crippen molar-refractivity contribution in [2.24, 2.45) is 0 Å². The number of aromatic amines is 1. The Labute approximate surface area is 143 Å². The lowest BCUT2D eigenvalue weighted by Gasteiger charge is -2.11. The number of carbonyl (C=O) groups is 1. The maximum absolute atomic E-state index is 12.0. The van der Waals surface area contributed by atoms with Crippen molar-refractivity contribution in [3.63, 3.8) is 0 Å². The minimum atomic E-state index is -0.851. The van der Waals surface area contributed by atoms with Crippen molar-refractivity contribution < 1.29 is 9.90 Å². The highest BCUT2D eigenvalue weighted by Crippen LogP contribution is 2.48. The molecule has 120 valence electrons. The van der Waals surface area contributed by atoms with E-state index >= 15 is 0 Å². The number of hydrogen-bond acceptors (Lipinski definition) is 3. The zero-order valence-corrected chi connectivity index (χ0v) is 13.1. The average molecular weight is 327 g/mol. The van der Waals surface area contributed by atoms with Crippen molar-refractivity contribution in [3.8, 4) is 22.5 Å². The van der Waals surface area contributed by atoms with E-state index in [2.05, 4.69) is 15.0 Å². The average Bonchev–Trinajstić information content (AvgIpc) is 3.20. The first-order chi connectivity index (χ1) is 12.2. The lowest BCUT2D eigenvalue weighted by Crippen LogP contribution is -2.11. The molecule has 1 unspecified atom stereocenters. The highest BCUT2D eigenvalue weighted by Gasteiger charge is 2.36. The number of H-pyrrole nitrogens is 1. The van der Waals surface area contributed by atoms with E-state index in [1.807, 2.05) is 48.5 Å². The topological polar surface area (TPSA) is 78.9 Å². The zero-order valence-electron chi connectivity index (χ0n) is 13.1. The van der Waals surface area contributed by atoms with Crippen molar-refractivity contribution in [3.05, 3.63) is 72.1 Å². The van der Waals surface area contributed by atoms with E-state index < -0.39 is 11.9 Å². The number of carboxylic acids is 1. The standard InChI is InChI=1S/C20H13N3O2/c24-20(25)18-13-5-2-1-4-11(13)12-6-3-7-14(17(12)18)19-22-15-8-9-21-10-16(15)23-19/h1-10,18H,(H,22,23)(H,24,25). The van der Waals surface area contributed by atoms with Crippen molar-refractivity contribution >= 4 is 17.0 Å². The highest BCUT2D eigenvalue weighted by molar-refractivity contribution is 5.96. The highest BCUT2D eigenvalue weighted by atomic mass is 16.4. The summed E-state index contributed by atoms with van der Waals surface area (Å²) in [6.45, 7) is 0. The molecule has 0 radical (unpaired) electrons. The summed E-state index contributed by atoms with van der Waals surface area (Å²) in [4.78, 5) is 24.0. The van der Waals surface area contributed by atoms with E-state index in [9.17, 15) is 9.90 Å². The molecule has 1 atom stereocenters. The number of aromatic nitrogens is 3. The fourth-order valence-corrected chi connectivity index (χ4v) is 3.71. The number of fused-ring (bicyclic) bond motifs is 4. The predicted octanol–water partition coefficient (Wildman–Crippen LogP) is 3.82. The Kier molecular flexibility index (Phi) is 2.79. The SMILES string of the molecule is O=C(O)C1c2ccccc2-c2cccc(-c3nc4ccncc4[nH]3)c21. The van der Waals surface area contributed by atoms with E-state index in [1.165, 1.54) is 0 Å². The molecular weight excluding hydrogens is 314 g/mol. The van der Waals surface area contributed by atoms with Crippen LogP contribution < -0.4 is 0 Å². The molecule has 5 nitrogen and oxygen atoms in total. The van der Waals surface area contributed by atoms with Gasteiger partial charge in [-0.25, -0.2) is 4.98 Å². The summed E-state index contributed by atoms with van der Waals surface area (Å²) < 4.78 is 0. The van der Waals surface area contributed by atoms with Crippen molar-refractivity contribution in [1.29, 1.82) is 0 Å². The third-order valence-corrected chi connectivity index (χ3v) is 4.74. The molecule has 1 aliphatic rings. The Hall–Kier alpha value is -3.47. The van der Waals surface area contributed by atoms with Crippen LogP contribution in [0.3, 0.4) is 0 Å². The largest absolute Gasteiger partial charge is 0.481 e. The van der Waals surface area contributed by atoms with Gasteiger partial charge in [0.15, 0.2) is 0 Å². The smallest absolute Gasteiger partial charge is 0.315 e. The molecule has 0 bridgehead atoms. The third kappa shape index (κ3) is 1.92. The molecule has 4 aromatic rings. The molecule has 0 saturated carbocycles. The number of benzene rings is 2. The van der Waals surface area contributed by atoms with Gasteiger partial charge in [0, 0.05) is 11.8 Å². The van der Waals surface area contributed by atoms with Crippen LogP contribution in [0.2, 0.25) is 0 Å². The molecule has 1 aliphatic carbocycles. The first kappa shape index (κ1) is 13.9. The van der Waals surface area contributed by atoms with Crippen LogP contribution in [0.15, 0.2) is 60.9 Å². The minimum absolute atomic E-state index is 0.666. The number of pyridine rings is 1. The van der Waals surface area contributed by atoms with Crippen molar-refractivity contribution in [2.45, 2.75) is 5.92 Å². The number of hydrogen-bond donors (Lipinski definition) is 2. The Balaban J connectivity index is 1.81. The second kappa shape index (κ2) is 5.01. The van der Waals surface area contributed by atoms with Crippen LogP contribution in [0.4, 0.5) is 0 Å². The summed E-state index contributed by atoms with van der Waals surface area (Å²) >= 11 is 0. The van der Waals surface area contributed by atoms with Gasteiger partial charge in [-0.3, -0.25) is 9.78 Å². The van der Waals surface area contributed by atoms with E-state index in [-0.39, 0.29) is 0 Å². The van der Waals surface area contributed by atoms with Crippen molar-refractivity contribution in [2.75, 3.05) is 0 Å². The minimum Gasteiger partial charge on any atom is -0.481 e. The van der Waals surface area contributed by atoms with Gasteiger partial charge in [-0.1, -0.05) is 42.5 Å².